The fourth-order valence-corrected chi connectivity index (χ4v) is 3.37. The van der Waals surface area contributed by atoms with Crippen molar-refractivity contribution in [3.8, 4) is 0 Å². The van der Waals surface area contributed by atoms with Crippen molar-refractivity contribution in [1.82, 2.24) is 0 Å². The molecule has 1 saturated carbocycles. The molecule has 0 spiro atoms. The van der Waals surface area contributed by atoms with Crippen LogP contribution in [0.3, 0.4) is 0 Å². The molecule has 0 atom stereocenters. The van der Waals surface area contributed by atoms with Gasteiger partial charge in [0, 0.05) is 0 Å². The van der Waals surface area contributed by atoms with Gasteiger partial charge in [0.25, 0.3) is 0 Å². The van der Waals surface area contributed by atoms with Crippen molar-refractivity contribution in [2.45, 2.75) is 33.8 Å². The van der Waals surface area contributed by atoms with Crippen molar-refractivity contribution < 1.29 is 34.4 Å². The van der Waals surface area contributed by atoms with Gasteiger partial charge in [-0.1, -0.05) is 0 Å². The fraction of sp³-hybridized carbons (Fsp3) is 1.00. The summed E-state index contributed by atoms with van der Waals surface area (Å²) in [6, 6.07) is 0. The molecule has 1 aliphatic rings. The van der Waals surface area contributed by atoms with Gasteiger partial charge in [0.2, 0.25) is 0 Å². The molecule has 0 saturated heterocycles. The molecule has 4 heteroatoms. The zero-order chi connectivity index (χ0) is 7.83. The summed E-state index contributed by atoms with van der Waals surface area (Å²) in [6.07, 6.45) is 2.35. The van der Waals surface area contributed by atoms with Crippen LogP contribution in [-0.2, 0) is 0 Å². The molecular formula is C6H9F3I-. The summed E-state index contributed by atoms with van der Waals surface area (Å²) in [5.41, 5.74) is 0. The standard InChI is InChI=1S/C6H9F3I/c1-2-5(3-4-5)10-6(7,8)9/h2-4H2,1H3/q-1. The molecular weight excluding hydrogens is 256 g/mol. The fourth-order valence-electron chi connectivity index (χ4n) is 0.878. The van der Waals surface area contributed by atoms with E-state index in [1.165, 1.54) is 0 Å². The Morgan fingerprint density at radius 3 is 2.00 bits per heavy atom. The third kappa shape index (κ3) is 2.29. The summed E-state index contributed by atoms with van der Waals surface area (Å²) >= 11 is -1.55. The second-order valence-electron chi connectivity index (χ2n) is 2.53. The van der Waals surface area contributed by atoms with Crippen LogP contribution in [0, 0.1) is 0 Å². The van der Waals surface area contributed by atoms with E-state index < -0.39 is 25.4 Å². The number of rotatable bonds is 2. The van der Waals surface area contributed by atoms with Crippen molar-refractivity contribution in [2.24, 2.45) is 0 Å². The first-order chi connectivity index (χ1) is 4.47. The minimum absolute atomic E-state index is 0.239. The van der Waals surface area contributed by atoms with E-state index in [2.05, 4.69) is 0 Å². The Hall–Kier alpha value is 0.520. The second-order valence-corrected chi connectivity index (χ2v) is 6.58. The van der Waals surface area contributed by atoms with E-state index in [4.69, 9.17) is 0 Å². The molecule has 0 nitrogen and oxygen atoms in total. The molecule has 0 radical (unpaired) electrons. The molecule has 1 rings (SSSR count). The zero-order valence-corrected chi connectivity index (χ0v) is 7.79. The quantitative estimate of drug-likeness (QED) is 0.468. The van der Waals surface area contributed by atoms with E-state index in [1.54, 1.807) is 0 Å². The molecule has 62 valence electrons. The van der Waals surface area contributed by atoms with Crippen molar-refractivity contribution in [3.05, 3.63) is 0 Å². The van der Waals surface area contributed by atoms with E-state index in [-0.39, 0.29) is 3.42 Å². The van der Waals surface area contributed by atoms with Gasteiger partial charge in [-0.05, 0) is 0 Å². The first-order valence-electron chi connectivity index (χ1n) is 3.21. The molecule has 10 heavy (non-hydrogen) atoms. The third-order valence-electron chi connectivity index (χ3n) is 1.73. The van der Waals surface area contributed by atoms with Gasteiger partial charge in [0.05, 0.1) is 0 Å². The van der Waals surface area contributed by atoms with E-state index >= 15 is 0 Å². The summed E-state index contributed by atoms with van der Waals surface area (Å²) in [6.45, 7) is 1.86. The molecule has 0 aliphatic heterocycles. The topological polar surface area (TPSA) is 0 Å². The Labute approximate surface area is 68.4 Å². The molecule has 0 unspecified atom stereocenters. The minimum atomic E-state index is -3.84. The summed E-state index contributed by atoms with van der Waals surface area (Å²) in [7, 11) is 0. The molecule has 0 aromatic heterocycles. The van der Waals surface area contributed by atoms with Gasteiger partial charge < -0.3 is 0 Å². The van der Waals surface area contributed by atoms with Gasteiger partial charge >= 0.3 is 68.2 Å². The summed E-state index contributed by atoms with van der Waals surface area (Å²) in [4.78, 5) is 0. The number of hydrogen-bond donors (Lipinski definition) is 0. The van der Waals surface area contributed by atoms with Crippen LogP contribution in [0.2, 0.25) is 0 Å². The zero-order valence-electron chi connectivity index (χ0n) is 5.63. The molecule has 1 aliphatic carbocycles. The van der Waals surface area contributed by atoms with Crippen molar-refractivity contribution in [2.75, 3.05) is 0 Å². The van der Waals surface area contributed by atoms with Crippen LogP contribution in [0.25, 0.3) is 0 Å². The number of hydrogen-bond acceptors (Lipinski definition) is 0. The van der Waals surface area contributed by atoms with Crippen LogP contribution in [-0.4, -0.2) is 7.60 Å². The normalized spacial score (nSPS) is 23.2. The number of alkyl halides is 5. The van der Waals surface area contributed by atoms with Gasteiger partial charge in [-0.15, -0.1) is 0 Å². The van der Waals surface area contributed by atoms with E-state index in [1.807, 2.05) is 6.92 Å². The van der Waals surface area contributed by atoms with Gasteiger partial charge in [-0.25, -0.2) is 0 Å². The molecule has 0 aromatic rings. The monoisotopic (exact) mass is 265 g/mol. The van der Waals surface area contributed by atoms with Gasteiger partial charge in [0.1, 0.15) is 0 Å². The summed E-state index contributed by atoms with van der Waals surface area (Å²) < 4.78 is 31.4. The van der Waals surface area contributed by atoms with E-state index in [0.29, 0.717) is 0 Å². The Morgan fingerprint density at radius 1 is 1.40 bits per heavy atom. The first-order valence-corrected chi connectivity index (χ1v) is 5.37. The average Bonchev–Trinajstić information content (AvgIpc) is 2.45. The van der Waals surface area contributed by atoms with Gasteiger partial charge in [-0.3, -0.25) is 0 Å². The Morgan fingerprint density at radius 2 is 1.90 bits per heavy atom. The predicted octanol–water partition coefficient (Wildman–Crippen LogP) is -0.462. The molecule has 0 bridgehead atoms. The maximum absolute atomic E-state index is 11.8. The molecule has 0 aromatic carbocycles. The maximum atomic E-state index is 11.8. The van der Waals surface area contributed by atoms with E-state index in [0.717, 1.165) is 19.3 Å². The van der Waals surface area contributed by atoms with Crippen LogP contribution < -0.4 is 21.2 Å². The first kappa shape index (κ1) is 8.62. The van der Waals surface area contributed by atoms with Crippen LogP contribution >= 0.6 is 0 Å². The van der Waals surface area contributed by atoms with Crippen LogP contribution in [0.15, 0.2) is 0 Å². The van der Waals surface area contributed by atoms with Crippen molar-refractivity contribution in [1.29, 1.82) is 0 Å². The molecule has 1 fully saturated rings. The number of halogens is 4. The Kier molecular flexibility index (Phi) is 2.18. The molecule has 0 amide bonds. The second kappa shape index (κ2) is 2.53. The average molecular weight is 265 g/mol. The third-order valence-corrected chi connectivity index (χ3v) is 5.33. The van der Waals surface area contributed by atoms with Gasteiger partial charge in [0.15, 0.2) is 0 Å². The molecule has 0 N–H and O–H groups in total. The Balaban J connectivity index is 2.38. The van der Waals surface area contributed by atoms with Crippen LogP contribution in [0.4, 0.5) is 13.2 Å². The van der Waals surface area contributed by atoms with Crippen molar-refractivity contribution >= 4 is 0 Å². The van der Waals surface area contributed by atoms with Gasteiger partial charge in [-0.2, -0.15) is 0 Å². The van der Waals surface area contributed by atoms with Crippen LogP contribution in [0.5, 0.6) is 0 Å². The summed E-state index contributed by atoms with van der Waals surface area (Å²) in [5, 5.41) is 0. The van der Waals surface area contributed by atoms with E-state index in [9.17, 15) is 13.2 Å². The Bertz CT molecular complexity index is 125. The SMILES string of the molecule is CCC1([I-]C(F)(F)F)CC1. The van der Waals surface area contributed by atoms with Crippen molar-refractivity contribution in [3.63, 3.8) is 0 Å². The predicted molar refractivity (Wildman–Crippen MR) is 28.3 cm³/mol. The molecule has 0 heterocycles. The summed E-state index contributed by atoms with van der Waals surface area (Å²) in [5.74, 6) is 0. The van der Waals surface area contributed by atoms with Crippen LogP contribution in [0.1, 0.15) is 26.2 Å².